The van der Waals surface area contributed by atoms with Gasteiger partial charge in [0.2, 0.25) is 0 Å². The second-order valence-electron chi connectivity index (χ2n) is 8.65. The molecule has 0 heterocycles. The van der Waals surface area contributed by atoms with Crippen LogP contribution in [0.1, 0.15) is 60.4 Å². The average Bonchev–Trinajstić information content (AvgIpc) is 2.72. The van der Waals surface area contributed by atoms with Crippen molar-refractivity contribution in [1.82, 2.24) is 10.4 Å². The Bertz CT molecular complexity index is 991. The first kappa shape index (κ1) is 25.4. The summed E-state index contributed by atoms with van der Waals surface area (Å²) in [5.74, 6) is -1.65. The number of hydrazine groups is 1. The highest BCUT2D eigenvalue weighted by molar-refractivity contribution is 6.58. The standard InChI is InChI=1S/C23H30BFN2O5/c1-7-20(23(3,4)5)27(22(29)17-13-15(24(30)31)11-12-18(17)25)26-21(28)16-9-8-10-19(32-6)14(16)2/h8-13,20,30-31H,7H2,1-6H3,(H,26,28). The average molecular weight is 444 g/mol. The normalized spacial score (nSPS) is 12.2. The Labute approximate surface area is 188 Å². The lowest BCUT2D eigenvalue weighted by molar-refractivity contribution is 0.0281. The van der Waals surface area contributed by atoms with E-state index in [-0.39, 0.29) is 11.0 Å². The van der Waals surface area contributed by atoms with Gasteiger partial charge in [-0.15, -0.1) is 0 Å². The number of carbonyl (C=O) groups is 2. The predicted octanol–water partition coefficient (Wildman–Crippen LogP) is 2.43. The van der Waals surface area contributed by atoms with Gasteiger partial charge in [0.15, 0.2) is 0 Å². The lowest BCUT2D eigenvalue weighted by Gasteiger charge is -2.39. The second kappa shape index (κ2) is 10.1. The number of rotatable bonds is 6. The first-order valence-corrected chi connectivity index (χ1v) is 10.4. The highest BCUT2D eigenvalue weighted by Gasteiger charge is 2.35. The number of nitrogens with one attached hydrogen (secondary N) is 1. The van der Waals surface area contributed by atoms with E-state index in [1.807, 2.05) is 27.7 Å². The monoisotopic (exact) mass is 444 g/mol. The molecule has 3 N–H and O–H groups in total. The van der Waals surface area contributed by atoms with Gasteiger partial charge < -0.3 is 14.8 Å². The van der Waals surface area contributed by atoms with Gasteiger partial charge in [-0.05, 0) is 48.5 Å². The first-order valence-electron chi connectivity index (χ1n) is 10.4. The highest BCUT2D eigenvalue weighted by Crippen LogP contribution is 2.28. The molecule has 0 aromatic heterocycles. The zero-order chi connectivity index (χ0) is 24.2. The first-order chi connectivity index (χ1) is 14.9. The van der Waals surface area contributed by atoms with Crippen molar-refractivity contribution in [3.8, 4) is 5.75 Å². The minimum atomic E-state index is -1.87. The van der Waals surface area contributed by atoms with Gasteiger partial charge in [0.25, 0.3) is 11.8 Å². The summed E-state index contributed by atoms with van der Waals surface area (Å²) in [4.78, 5) is 26.6. The smallest absolute Gasteiger partial charge is 0.488 e. The zero-order valence-corrected chi connectivity index (χ0v) is 19.3. The number of hydrogen-bond donors (Lipinski definition) is 3. The number of benzene rings is 2. The molecule has 0 fully saturated rings. The van der Waals surface area contributed by atoms with Gasteiger partial charge >= 0.3 is 7.12 Å². The maximum Gasteiger partial charge on any atom is 0.488 e. The van der Waals surface area contributed by atoms with Crippen LogP contribution in [0.15, 0.2) is 36.4 Å². The van der Waals surface area contributed by atoms with E-state index in [1.165, 1.54) is 13.2 Å². The van der Waals surface area contributed by atoms with Gasteiger partial charge in [-0.3, -0.25) is 15.0 Å². The highest BCUT2D eigenvalue weighted by atomic mass is 19.1. The van der Waals surface area contributed by atoms with Crippen molar-refractivity contribution in [3.63, 3.8) is 0 Å². The Hall–Kier alpha value is -2.91. The van der Waals surface area contributed by atoms with Crippen molar-refractivity contribution in [2.45, 2.75) is 47.1 Å². The lowest BCUT2D eigenvalue weighted by Crippen LogP contribution is -2.56. The quantitative estimate of drug-likeness (QED) is 0.470. The third-order valence-corrected chi connectivity index (χ3v) is 5.41. The molecular formula is C23H30BFN2O5. The van der Waals surface area contributed by atoms with Crippen LogP contribution in [0.2, 0.25) is 0 Å². The van der Waals surface area contributed by atoms with Crippen LogP contribution >= 0.6 is 0 Å². The summed E-state index contributed by atoms with van der Waals surface area (Å²) in [6.07, 6.45) is 0.483. The van der Waals surface area contributed by atoms with E-state index < -0.39 is 36.2 Å². The Morgan fingerprint density at radius 3 is 2.38 bits per heavy atom. The Kier molecular flexibility index (Phi) is 8.04. The van der Waals surface area contributed by atoms with Crippen molar-refractivity contribution >= 4 is 24.4 Å². The van der Waals surface area contributed by atoms with Crippen LogP contribution in [0.3, 0.4) is 0 Å². The summed E-state index contributed by atoms with van der Waals surface area (Å²) in [7, 11) is -0.369. The molecule has 7 nitrogen and oxygen atoms in total. The number of amides is 2. The number of ether oxygens (including phenoxy) is 1. The molecule has 2 rings (SSSR count). The molecule has 0 saturated heterocycles. The summed E-state index contributed by atoms with van der Waals surface area (Å²) >= 11 is 0. The molecule has 0 aliphatic carbocycles. The van der Waals surface area contributed by atoms with E-state index in [4.69, 9.17) is 4.74 Å². The van der Waals surface area contributed by atoms with E-state index in [0.717, 1.165) is 17.1 Å². The summed E-state index contributed by atoms with van der Waals surface area (Å²) in [6, 6.07) is 7.77. The molecule has 0 spiro atoms. The fraction of sp³-hybridized carbons (Fsp3) is 0.391. The third-order valence-electron chi connectivity index (χ3n) is 5.41. The van der Waals surface area contributed by atoms with Gasteiger partial charge in [0, 0.05) is 11.1 Å². The lowest BCUT2D eigenvalue weighted by atomic mass is 9.79. The maximum absolute atomic E-state index is 14.6. The predicted molar refractivity (Wildman–Crippen MR) is 121 cm³/mol. The summed E-state index contributed by atoms with van der Waals surface area (Å²) in [6.45, 7) is 9.33. The molecule has 2 aromatic carbocycles. The molecule has 172 valence electrons. The molecule has 9 heteroatoms. The third kappa shape index (κ3) is 5.47. The summed E-state index contributed by atoms with van der Waals surface area (Å²) in [5, 5.41) is 20.0. The van der Waals surface area contributed by atoms with Crippen LogP contribution in [0, 0.1) is 18.2 Å². The molecule has 0 radical (unpaired) electrons. The van der Waals surface area contributed by atoms with Crippen LogP contribution in [0.5, 0.6) is 5.75 Å². The largest absolute Gasteiger partial charge is 0.496 e. The molecule has 0 aliphatic heterocycles. The molecule has 2 aromatic rings. The van der Waals surface area contributed by atoms with E-state index in [9.17, 15) is 24.0 Å². The Morgan fingerprint density at radius 2 is 1.84 bits per heavy atom. The van der Waals surface area contributed by atoms with Crippen molar-refractivity contribution in [1.29, 1.82) is 0 Å². The molecule has 0 bridgehead atoms. The van der Waals surface area contributed by atoms with Gasteiger partial charge in [-0.2, -0.15) is 0 Å². The molecule has 2 amide bonds. The Morgan fingerprint density at radius 1 is 1.19 bits per heavy atom. The van der Waals surface area contributed by atoms with Crippen LogP contribution in [-0.2, 0) is 0 Å². The van der Waals surface area contributed by atoms with E-state index in [2.05, 4.69) is 5.43 Å². The van der Waals surface area contributed by atoms with Crippen molar-refractivity contribution in [3.05, 3.63) is 58.9 Å². The second-order valence-corrected chi connectivity index (χ2v) is 8.65. The van der Waals surface area contributed by atoms with E-state index in [1.54, 1.807) is 25.1 Å². The van der Waals surface area contributed by atoms with E-state index >= 15 is 0 Å². The number of halogens is 1. The SMILES string of the molecule is CCC(N(NC(=O)c1cccc(OC)c1C)C(=O)c1cc(B(O)O)ccc1F)C(C)(C)C. The van der Waals surface area contributed by atoms with Crippen molar-refractivity contribution < 1.29 is 28.8 Å². The summed E-state index contributed by atoms with van der Waals surface area (Å²) in [5.41, 5.74) is 2.70. The van der Waals surface area contributed by atoms with E-state index in [0.29, 0.717) is 23.3 Å². The number of methoxy groups -OCH3 is 1. The van der Waals surface area contributed by atoms with Gasteiger partial charge in [-0.25, -0.2) is 9.40 Å². The van der Waals surface area contributed by atoms with Gasteiger partial charge in [0.05, 0.1) is 18.7 Å². The van der Waals surface area contributed by atoms with Crippen molar-refractivity contribution in [2.75, 3.05) is 7.11 Å². The topological polar surface area (TPSA) is 99.1 Å². The maximum atomic E-state index is 14.6. The van der Waals surface area contributed by atoms with Crippen molar-refractivity contribution in [2.24, 2.45) is 5.41 Å². The minimum absolute atomic E-state index is 0.0338. The van der Waals surface area contributed by atoms with Gasteiger partial charge in [0.1, 0.15) is 11.6 Å². The van der Waals surface area contributed by atoms with Crippen LogP contribution in [0.25, 0.3) is 0 Å². The van der Waals surface area contributed by atoms with Crippen LogP contribution in [-0.4, -0.2) is 47.1 Å². The number of hydrogen-bond acceptors (Lipinski definition) is 5. The number of carbonyl (C=O) groups excluding carboxylic acids is 2. The fourth-order valence-corrected chi connectivity index (χ4v) is 3.70. The molecule has 0 aliphatic rings. The molecule has 0 saturated carbocycles. The molecular weight excluding hydrogens is 414 g/mol. The minimum Gasteiger partial charge on any atom is -0.496 e. The Balaban J connectivity index is 2.54. The zero-order valence-electron chi connectivity index (χ0n) is 19.3. The fourth-order valence-electron chi connectivity index (χ4n) is 3.70. The van der Waals surface area contributed by atoms with Gasteiger partial charge in [-0.1, -0.05) is 39.8 Å². The molecule has 1 unspecified atom stereocenters. The summed E-state index contributed by atoms with van der Waals surface area (Å²) < 4.78 is 19.9. The molecule has 32 heavy (non-hydrogen) atoms. The molecule has 1 atom stereocenters. The van der Waals surface area contributed by atoms with Crippen LogP contribution < -0.4 is 15.6 Å². The van der Waals surface area contributed by atoms with Crippen LogP contribution in [0.4, 0.5) is 4.39 Å². The number of nitrogens with zero attached hydrogens (tertiary/aromatic N) is 1.